The lowest BCUT2D eigenvalue weighted by Gasteiger charge is -2.20. The second-order valence-electron chi connectivity index (χ2n) is 6.61. The van der Waals surface area contributed by atoms with Gasteiger partial charge in [-0.05, 0) is 51.0 Å². The van der Waals surface area contributed by atoms with E-state index in [-0.39, 0.29) is 23.9 Å². The van der Waals surface area contributed by atoms with Gasteiger partial charge in [-0.2, -0.15) is 0 Å². The molecule has 1 aromatic carbocycles. The number of nitrogens with one attached hydrogen (secondary N) is 2. The topological polar surface area (TPSA) is 76.7 Å². The predicted octanol–water partition coefficient (Wildman–Crippen LogP) is 2.53. The van der Waals surface area contributed by atoms with E-state index in [4.69, 9.17) is 9.47 Å². The molecule has 0 aliphatic carbocycles. The van der Waals surface area contributed by atoms with Crippen molar-refractivity contribution < 1.29 is 19.1 Å². The molecule has 2 N–H and O–H groups in total. The molecular formula is C19H28N2O4. The number of carbonyl (C=O) groups excluding carboxylic acids is 2. The summed E-state index contributed by atoms with van der Waals surface area (Å²) in [6.07, 6.45) is 3.95. The van der Waals surface area contributed by atoms with Crippen molar-refractivity contribution in [1.29, 1.82) is 0 Å². The van der Waals surface area contributed by atoms with Gasteiger partial charge < -0.3 is 20.1 Å². The number of hydrogen-bond acceptors (Lipinski definition) is 4. The molecule has 25 heavy (non-hydrogen) atoms. The first-order chi connectivity index (χ1) is 11.7. The van der Waals surface area contributed by atoms with Crippen LogP contribution < -0.4 is 20.1 Å². The van der Waals surface area contributed by atoms with Gasteiger partial charge in [-0.3, -0.25) is 9.59 Å². The normalized spacial score (nSPS) is 11.2. The molecule has 0 bridgehead atoms. The van der Waals surface area contributed by atoms with Gasteiger partial charge in [-0.1, -0.05) is 13.0 Å². The highest BCUT2D eigenvalue weighted by atomic mass is 16.5. The van der Waals surface area contributed by atoms with Crippen molar-refractivity contribution in [2.24, 2.45) is 0 Å². The van der Waals surface area contributed by atoms with Crippen LogP contribution in [-0.4, -0.2) is 37.6 Å². The van der Waals surface area contributed by atoms with Crippen molar-refractivity contribution in [1.82, 2.24) is 10.6 Å². The Bertz CT molecular complexity index is 618. The Morgan fingerprint density at radius 1 is 1.20 bits per heavy atom. The van der Waals surface area contributed by atoms with E-state index in [9.17, 15) is 9.59 Å². The summed E-state index contributed by atoms with van der Waals surface area (Å²) in [7, 11) is 1.57. The van der Waals surface area contributed by atoms with Crippen LogP contribution in [0.4, 0.5) is 0 Å². The third kappa shape index (κ3) is 8.24. The first-order valence-electron chi connectivity index (χ1n) is 8.33. The molecular weight excluding hydrogens is 320 g/mol. The molecule has 6 heteroatoms. The minimum Gasteiger partial charge on any atom is -0.493 e. The molecule has 6 nitrogen and oxygen atoms in total. The molecule has 0 spiro atoms. The zero-order valence-electron chi connectivity index (χ0n) is 15.6. The molecule has 1 rings (SSSR count). The van der Waals surface area contributed by atoms with Gasteiger partial charge in [0.05, 0.1) is 20.3 Å². The highest BCUT2D eigenvalue weighted by molar-refractivity contribution is 5.94. The SMILES string of the molecule is CCCOc1ccc(/C=C/C(=O)NCC(=O)NC(C)(C)C)cc1OC. The van der Waals surface area contributed by atoms with E-state index in [1.54, 1.807) is 19.3 Å². The second kappa shape index (κ2) is 9.71. The van der Waals surface area contributed by atoms with Crippen LogP contribution in [0.25, 0.3) is 6.08 Å². The predicted molar refractivity (Wildman–Crippen MR) is 98.7 cm³/mol. The molecule has 0 saturated heterocycles. The van der Waals surface area contributed by atoms with Crippen LogP contribution in [0.3, 0.4) is 0 Å². The minimum atomic E-state index is -0.339. The molecule has 2 amide bonds. The van der Waals surface area contributed by atoms with Gasteiger partial charge in [-0.25, -0.2) is 0 Å². The molecule has 0 fully saturated rings. The minimum absolute atomic E-state index is 0.0619. The van der Waals surface area contributed by atoms with Crippen molar-refractivity contribution in [2.75, 3.05) is 20.3 Å². The Morgan fingerprint density at radius 2 is 1.92 bits per heavy atom. The third-order valence-corrected chi connectivity index (χ3v) is 3.01. The molecule has 0 heterocycles. The number of carbonyl (C=O) groups is 2. The first kappa shape index (κ1) is 20.5. The summed E-state index contributed by atoms with van der Waals surface area (Å²) in [5.74, 6) is 0.716. The standard InChI is InChI=1S/C19H28N2O4/c1-6-11-25-15-9-7-14(12-16(15)24-5)8-10-17(22)20-13-18(23)21-19(2,3)4/h7-10,12H,6,11,13H2,1-5H3,(H,20,22)(H,21,23)/b10-8+. The summed E-state index contributed by atoms with van der Waals surface area (Å²) in [6.45, 7) is 8.23. The second-order valence-corrected chi connectivity index (χ2v) is 6.61. The number of benzene rings is 1. The van der Waals surface area contributed by atoms with Gasteiger partial charge in [0.2, 0.25) is 11.8 Å². The van der Waals surface area contributed by atoms with Crippen LogP contribution in [0.1, 0.15) is 39.7 Å². The Kier molecular flexibility index (Phi) is 7.98. The summed E-state index contributed by atoms with van der Waals surface area (Å²) in [5, 5.41) is 5.33. The van der Waals surface area contributed by atoms with Gasteiger partial charge in [0.1, 0.15) is 0 Å². The maximum absolute atomic E-state index is 11.8. The summed E-state index contributed by atoms with van der Waals surface area (Å²) in [6, 6.07) is 5.44. The Hall–Kier alpha value is -2.50. The van der Waals surface area contributed by atoms with Crippen LogP contribution in [0.2, 0.25) is 0 Å². The fourth-order valence-electron chi connectivity index (χ4n) is 1.98. The molecule has 0 aliphatic rings. The monoisotopic (exact) mass is 348 g/mol. The van der Waals surface area contributed by atoms with E-state index in [1.807, 2.05) is 39.8 Å². The fraction of sp³-hybridized carbons (Fsp3) is 0.474. The van der Waals surface area contributed by atoms with Crippen LogP contribution in [0, 0.1) is 0 Å². The van der Waals surface area contributed by atoms with Crippen LogP contribution in [0.5, 0.6) is 11.5 Å². The Balaban J connectivity index is 2.59. The van der Waals surface area contributed by atoms with Gasteiger partial charge in [0, 0.05) is 11.6 Å². The molecule has 0 atom stereocenters. The third-order valence-electron chi connectivity index (χ3n) is 3.01. The van der Waals surface area contributed by atoms with Crippen molar-refractivity contribution in [3.63, 3.8) is 0 Å². The van der Waals surface area contributed by atoms with Gasteiger partial charge >= 0.3 is 0 Å². The number of ether oxygens (including phenoxy) is 2. The van der Waals surface area contributed by atoms with Crippen molar-refractivity contribution in [3.8, 4) is 11.5 Å². The molecule has 138 valence electrons. The first-order valence-corrected chi connectivity index (χ1v) is 8.33. The Morgan fingerprint density at radius 3 is 2.52 bits per heavy atom. The van der Waals surface area contributed by atoms with Gasteiger partial charge in [-0.15, -0.1) is 0 Å². The van der Waals surface area contributed by atoms with Gasteiger partial charge in [0.15, 0.2) is 11.5 Å². The maximum atomic E-state index is 11.8. The molecule has 0 saturated carbocycles. The highest BCUT2D eigenvalue weighted by Gasteiger charge is 2.13. The fourth-order valence-corrected chi connectivity index (χ4v) is 1.98. The quantitative estimate of drug-likeness (QED) is 0.708. The number of amides is 2. The lowest BCUT2D eigenvalue weighted by molar-refractivity contribution is -0.124. The van der Waals surface area contributed by atoms with Crippen molar-refractivity contribution >= 4 is 17.9 Å². The number of rotatable bonds is 8. The average molecular weight is 348 g/mol. The summed E-state index contributed by atoms with van der Waals surface area (Å²) in [4.78, 5) is 23.5. The largest absolute Gasteiger partial charge is 0.493 e. The van der Waals surface area contributed by atoms with Gasteiger partial charge in [0.25, 0.3) is 0 Å². The van der Waals surface area contributed by atoms with E-state index >= 15 is 0 Å². The molecule has 0 aliphatic heterocycles. The highest BCUT2D eigenvalue weighted by Crippen LogP contribution is 2.28. The molecule has 0 radical (unpaired) electrons. The lowest BCUT2D eigenvalue weighted by Crippen LogP contribution is -2.45. The summed E-state index contributed by atoms with van der Waals surface area (Å²) in [5.41, 5.74) is 0.477. The number of methoxy groups -OCH3 is 1. The van der Waals surface area contributed by atoms with Crippen molar-refractivity contribution in [2.45, 2.75) is 39.7 Å². The zero-order valence-corrected chi connectivity index (χ0v) is 15.6. The van der Waals surface area contributed by atoms with E-state index in [1.165, 1.54) is 6.08 Å². The lowest BCUT2D eigenvalue weighted by atomic mass is 10.1. The van der Waals surface area contributed by atoms with E-state index in [0.717, 1.165) is 12.0 Å². The molecule has 0 aromatic heterocycles. The summed E-state index contributed by atoms with van der Waals surface area (Å²) >= 11 is 0. The molecule has 0 unspecified atom stereocenters. The zero-order chi connectivity index (χ0) is 18.9. The van der Waals surface area contributed by atoms with Crippen LogP contribution >= 0.6 is 0 Å². The molecule has 1 aromatic rings. The van der Waals surface area contributed by atoms with E-state index in [0.29, 0.717) is 18.1 Å². The van der Waals surface area contributed by atoms with Crippen LogP contribution in [0.15, 0.2) is 24.3 Å². The number of hydrogen-bond donors (Lipinski definition) is 2. The van der Waals surface area contributed by atoms with Crippen LogP contribution in [-0.2, 0) is 9.59 Å². The van der Waals surface area contributed by atoms with E-state index < -0.39 is 0 Å². The van der Waals surface area contributed by atoms with Crippen molar-refractivity contribution in [3.05, 3.63) is 29.8 Å². The van der Waals surface area contributed by atoms with E-state index in [2.05, 4.69) is 10.6 Å². The maximum Gasteiger partial charge on any atom is 0.244 e. The smallest absolute Gasteiger partial charge is 0.244 e. The Labute approximate surface area is 149 Å². The summed E-state index contributed by atoms with van der Waals surface area (Å²) < 4.78 is 10.9. The average Bonchev–Trinajstić information content (AvgIpc) is 2.55.